The number of furan rings is 1. The van der Waals surface area contributed by atoms with Gasteiger partial charge in [-0.25, -0.2) is 0 Å². The van der Waals surface area contributed by atoms with Crippen LogP contribution in [-0.4, -0.2) is 4.57 Å². The predicted octanol–water partition coefficient (Wildman–Crippen LogP) is 6.41. The molecule has 0 atom stereocenters. The number of fused-ring (bicyclic) bond motifs is 2. The first kappa shape index (κ1) is 15.0. The van der Waals surface area contributed by atoms with E-state index in [1.807, 2.05) is 0 Å². The summed E-state index contributed by atoms with van der Waals surface area (Å²) in [5.41, 5.74) is 4.61. The molecule has 0 N–H and O–H groups in total. The molecule has 2 heterocycles. The lowest BCUT2D eigenvalue weighted by atomic mass is 9.99. The maximum Gasteiger partial charge on any atom is 0.142 e. The quantitative estimate of drug-likeness (QED) is 0.372. The van der Waals surface area contributed by atoms with E-state index in [1.54, 1.807) is 0 Å². The third-order valence-electron chi connectivity index (χ3n) is 4.97. The largest absolute Gasteiger partial charge is 0.459 e. The number of hydrogen-bond donors (Lipinski definition) is 0. The van der Waals surface area contributed by atoms with Gasteiger partial charge >= 0.3 is 0 Å². The molecule has 0 bridgehead atoms. The van der Waals surface area contributed by atoms with Gasteiger partial charge in [-0.3, -0.25) is 0 Å². The van der Waals surface area contributed by atoms with Gasteiger partial charge in [0, 0.05) is 23.3 Å². The van der Waals surface area contributed by atoms with Crippen molar-refractivity contribution in [1.82, 2.24) is 4.57 Å². The molecule has 0 unspecified atom stereocenters. The summed E-state index contributed by atoms with van der Waals surface area (Å²) in [4.78, 5) is 0. The SMILES string of the molecule is Cc1ccccc1-c1cccc2cc(Cn3cc4ccccc4c3)oc12. The molecule has 0 spiro atoms. The second-order valence-corrected chi connectivity index (χ2v) is 6.81. The van der Waals surface area contributed by atoms with Gasteiger partial charge in [-0.2, -0.15) is 0 Å². The topological polar surface area (TPSA) is 18.1 Å². The summed E-state index contributed by atoms with van der Waals surface area (Å²) < 4.78 is 8.48. The van der Waals surface area contributed by atoms with Crippen LogP contribution in [0.1, 0.15) is 11.3 Å². The zero-order chi connectivity index (χ0) is 17.5. The van der Waals surface area contributed by atoms with Crippen molar-refractivity contribution in [3.63, 3.8) is 0 Å². The van der Waals surface area contributed by atoms with Gasteiger partial charge in [0.25, 0.3) is 0 Å². The molecule has 3 aromatic carbocycles. The molecule has 2 aromatic heterocycles. The minimum atomic E-state index is 0.733. The summed E-state index contributed by atoms with van der Waals surface area (Å²) in [5.74, 6) is 0.973. The predicted molar refractivity (Wildman–Crippen MR) is 107 cm³/mol. The summed E-state index contributed by atoms with van der Waals surface area (Å²) in [6, 6.07) is 25.4. The lowest BCUT2D eigenvalue weighted by Crippen LogP contribution is -1.93. The van der Waals surface area contributed by atoms with Gasteiger partial charge in [0.05, 0.1) is 6.54 Å². The first-order chi connectivity index (χ1) is 12.8. The maximum atomic E-state index is 6.29. The molecule has 0 aliphatic heterocycles. The Kier molecular flexibility index (Phi) is 3.42. The van der Waals surface area contributed by atoms with Crippen molar-refractivity contribution in [3.8, 4) is 11.1 Å². The number of aromatic nitrogens is 1. The fourth-order valence-electron chi connectivity index (χ4n) is 3.69. The molecule has 0 fully saturated rings. The normalized spacial score (nSPS) is 11.4. The summed E-state index contributed by atoms with van der Waals surface area (Å²) >= 11 is 0. The van der Waals surface area contributed by atoms with E-state index in [9.17, 15) is 0 Å². The van der Waals surface area contributed by atoms with Crippen LogP contribution in [0.15, 0.2) is 89.6 Å². The standard InChI is InChI=1S/C24H19NO/c1-17-7-2-5-11-22(17)23-12-6-10-18-13-21(26-24(18)23)16-25-14-19-8-3-4-9-20(19)15-25/h2-15H,16H2,1H3. The lowest BCUT2D eigenvalue weighted by molar-refractivity contribution is 0.530. The van der Waals surface area contributed by atoms with Crippen LogP contribution in [-0.2, 0) is 6.54 Å². The molecule has 0 aliphatic rings. The zero-order valence-corrected chi connectivity index (χ0v) is 14.6. The van der Waals surface area contributed by atoms with Crippen LogP contribution in [0.3, 0.4) is 0 Å². The highest BCUT2D eigenvalue weighted by molar-refractivity contribution is 5.93. The van der Waals surface area contributed by atoms with E-state index in [-0.39, 0.29) is 0 Å². The Hall–Kier alpha value is -3.26. The molecule has 0 aliphatic carbocycles. The Bertz CT molecular complexity index is 1190. The van der Waals surface area contributed by atoms with Crippen molar-refractivity contribution in [2.24, 2.45) is 0 Å². The van der Waals surface area contributed by atoms with E-state index in [1.165, 1.54) is 21.9 Å². The van der Waals surface area contributed by atoms with Crippen LogP contribution >= 0.6 is 0 Å². The molecular formula is C24H19NO. The van der Waals surface area contributed by atoms with E-state index >= 15 is 0 Å². The molecule has 0 amide bonds. The van der Waals surface area contributed by atoms with Crippen LogP contribution in [0.4, 0.5) is 0 Å². The lowest BCUT2D eigenvalue weighted by Gasteiger charge is -2.06. The van der Waals surface area contributed by atoms with Gasteiger partial charge in [0.2, 0.25) is 0 Å². The average Bonchev–Trinajstić information content (AvgIpc) is 3.24. The van der Waals surface area contributed by atoms with Crippen molar-refractivity contribution in [2.75, 3.05) is 0 Å². The fourth-order valence-corrected chi connectivity index (χ4v) is 3.69. The summed E-state index contributed by atoms with van der Waals surface area (Å²) in [5, 5.41) is 3.66. The number of hydrogen-bond acceptors (Lipinski definition) is 1. The molecule has 0 saturated heterocycles. The smallest absolute Gasteiger partial charge is 0.142 e. The molecule has 5 rings (SSSR count). The molecule has 2 nitrogen and oxygen atoms in total. The van der Waals surface area contributed by atoms with E-state index in [0.717, 1.165) is 28.8 Å². The maximum absolute atomic E-state index is 6.29. The van der Waals surface area contributed by atoms with E-state index < -0.39 is 0 Å². The first-order valence-electron chi connectivity index (χ1n) is 8.90. The molecule has 26 heavy (non-hydrogen) atoms. The average molecular weight is 337 g/mol. The number of para-hydroxylation sites is 1. The summed E-state index contributed by atoms with van der Waals surface area (Å²) in [6.45, 7) is 2.87. The van der Waals surface area contributed by atoms with E-state index in [0.29, 0.717) is 0 Å². The van der Waals surface area contributed by atoms with Crippen LogP contribution in [0.5, 0.6) is 0 Å². The molecule has 126 valence electrons. The third-order valence-corrected chi connectivity index (χ3v) is 4.97. The highest BCUT2D eigenvalue weighted by Gasteiger charge is 2.12. The van der Waals surface area contributed by atoms with Gasteiger partial charge < -0.3 is 8.98 Å². The Morgan fingerprint density at radius 2 is 1.38 bits per heavy atom. The number of aryl methyl sites for hydroxylation is 1. The number of rotatable bonds is 3. The van der Waals surface area contributed by atoms with Gasteiger partial charge in [0.15, 0.2) is 0 Å². The molecule has 0 radical (unpaired) electrons. The van der Waals surface area contributed by atoms with Gasteiger partial charge in [-0.1, -0.05) is 66.7 Å². The van der Waals surface area contributed by atoms with E-state index in [2.05, 4.69) is 96.7 Å². The molecule has 2 heteroatoms. The van der Waals surface area contributed by atoms with Crippen molar-refractivity contribution in [1.29, 1.82) is 0 Å². The zero-order valence-electron chi connectivity index (χ0n) is 14.6. The highest BCUT2D eigenvalue weighted by atomic mass is 16.3. The van der Waals surface area contributed by atoms with Crippen LogP contribution in [0, 0.1) is 6.92 Å². The molecule has 5 aromatic rings. The van der Waals surface area contributed by atoms with Crippen molar-refractivity contribution < 1.29 is 4.42 Å². The second kappa shape index (κ2) is 5.92. The van der Waals surface area contributed by atoms with Crippen molar-refractivity contribution >= 4 is 21.7 Å². The van der Waals surface area contributed by atoms with Crippen LogP contribution < -0.4 is 0 Å². The third kappa shape index (κ3) is 2.51. The number of nitrogens with zero attached hydrogens (tertiary/aromatic N) is 1. The van der Waals surface area contributed by atoms with Crippen LogP contribution in [0.25, 0.3) is 32.9 Å². The van der Waals surface area contributed by atoms with Gasteiger partial charge in [0.1, 0.15) is 11.3 Å². The first-order valence-corrected chi connectivity index (χ1v) is 8.90. The summed E-state index contributed by atoms with van der Waals surface area (Å²) in [6.07, 6.45) is 4.34. The van der Waals surface area contributed by atoms with E-state index in [4.69, 9.17) is 4.42 Å². The molecular weight excluding hydrogens is 318 g/mol. The minimum absolute atomic E-state index is 0.733. The van der Waals surface area contributed by atoms with Gasteiger partial charge in [-0.15, -0.1) is 0 Å². The Labute approximate surface area is 152 Å². The van der Waals surface area contributed by atoms with Crippen LogP contribution in [0.2, 0.25) is 0 Å². The number of benzene rings is 3. The Morgan fingerprint density at radius 1 is 0.731 bits per heavy atom. The van der Waals surface area contributed by atoms with Crippen molar-refractivity contribution in [3.05, 3.63) is 96.5 Å². The summed E-state index contributed by atoms with van der Waals surface area (Å²) in [7, 11) is 0. The van der Waals surface area contributed by atoms with Crippen molar-refractivity contribution in [2.45, 2.75) is 13.5 Å². The minimum Gasteiger partial charge on any atom is -0.459 e. The Morgan fingerprint density at radius 3 is 2.15 bits per heavy atom. The van der Waals surface area contributed by atoms with Gasteiger partial charge in [-0.05, 0) is 34.9 Å². The fraction of sp³-hybridized carbons (Fsp3) is 0.0833. The highest BCUT2D eigenvalue weighted by Crippen LogP contribution is 2.33. The molecule has 0 saturated carbocycles. The Balaban J connectivity index is 1.58. The second-order valence-electron chi connectivity index (χ2n) is 6.81. The monoisotopic (exact) mass is 337 g/mol.